The number of benzene rings is 4. The first-order valence-corrected chi connectivity index (χ1v) is 13.0. The minimum atomic E-state index is -2.35. The van der Waals surface area contributed by atoms with E-state index in [0.29, 0.717) is 0 Å². The molecule has 4 aromatic carbocycles. The summed E-state index contributed by atoms with van der Waals surface area (Å²) in [7, 11) is 0. The largest absolute Gasteiger partial charge is 0.508 e. The Morgan fingerprint density at radius 1 is 0.636 bits per heavy atom. The molecule has 5 atom stereocenters. The molecule has 14 heteroatoms. The lowest BCUT2D eigenvalue weighted by atomic mass is 9.74. The summed E-state index contributed by atoms with van der Waals surface area (Å²) in [6.45, 7) is 0. The van der Waals surface area contributed by atoms with Gasteiger partial charge < -0.3 is 65.3 Å². The van der Waals surface area contributed by atoms with Crippen molar-refractivity contribution in [2.75, 3.05) is 0 Å². The Kier molecular flexibility index (Phi) is 5.48. The third-order valence-corrected chi connectivity index (χ3v) is 8.08. The molecule has 3 aliphatic rings. The van der Waals surface area contributed by atoms with E-state index in [9.17, 15) is 55.9 Å². The molecule has 0 fully saturated rings. The minimum Gasteiger partial charge on any atom is -0.508 e. The second kappa shape index (κ2) is 8.89. The SMILES string of the molecule is O=C1c2c(cc3c(c2O)C2c4c(O)cc(O)cc4OC(c4cc(O)c(O)c(O)c4)(O3)C2O)OC(c2ccc(O)c(O)c2)C1O. The van der Waals surface area contributed by atoms with Crippen LogP contribution in [0.1, 0.15) is 44.6 Å². The van der Waals surface area contributed by atoms with E-state index in [0.717, 1.165) is 36.4 Å². The summed E-state index contributed by atoms with van der Waals surface area (Å²) >= 11 is 0. The number of ketones is 1. The molecule has 14 nitrogen and oxygen atoms in total. The van der Waals surface area contributed by atoms with Crippen LogP contribution in [0.2, 0.25) is 0 Å². The van der Waals surface area contributed by atoms with Gasteiger partial charge in [-0.2, -0.15) is 0 Å². The van der Waals surface area contributed by atoms with E-state index in [1.165, 1.54) is 12.1 Å². The number of phenols is 8. The van der Waals surface area contributed by atoms with Gasteiger partial charge in [0.05, 0.1) is 5.92 Å². The molecular formula is C30H22O14. The molecule has 7 rings (SSSR count). The Labute approximate surface area is 245 Å². The maximum absolute atomic E-state index is 13.5. The summed E-state index contributed by atoms with van der Waals surface area (Å²) in [6.07, 6.45) is -5.17. The molecule has 3 aliphatic heterocycles. The number of hydrogen-bond donors (Lipinski definition) is 10. The van der Waals surface area contributed by atoms with Gasteiger partial charge in [0, 0.05) is 34.9 Å². The molecule has 0 aliphatic carbocycles. The van der Waals surface area contributed by atoms with Crippen LogP contribution in [0.25, 0.3) is 0 Å². The predicted molar refractivity (Wildman–Crippen MR) is 144 cm³/mol. The summed E-state index contributed by atoms with van der Waals surface area (Å²) in [4.78, 5) is 13.5. The maximum atomic E-state index is 13.5. The van der Waals surface area contributed by atoms with Crippen molar-refractivity contribution >= 4 is 5.78 Å². The smallest absolute Gasteiger partial charge is 0.305 e. The van der Waals surface area contributed by atoms with Gasteiger partial charge in [0.1, 0.15) is 46.2 Å². The van der Waals surface area contributed by atoms with E-state index >= 15 is 0 Å². The lowest BCUT2D eigenvalue weighted by molar-refractivity contribution is -0.218. The van der Waals surface area contributed by atoms with Gasteiger partial charge in [-0.1, -0.05) is 6.07 Å². The van der Waals surface area contributed by atoms with Crippen molar-refractivity contribution in [2.24, 2.45) is 0 Å². The summed E-state index contributed by atoms with van der Waals surface area (Å²) < 4.78 is 18.0. The van der Waals surface area contributed by atoms with Crippen LogP contribution >= 0.6 is 0 Å². The Morgan fingerprint density at radius 3 is 1.95 bits per heavy atom. The van der Waals surface area contributed by atoms with Gasteiger partial charge in [0.2, 0.25) is 5.78 Å². The van der Waals surface area contributed by atoms with E-state index in [2.05, 4.69) is 0 Å². The molecule has 3 heterocycles. The average molecular weight is 606 g/mol. The Morgan fingerprint density at radius 2 is 1.30 bits per heavy atom. The average Bonchev–Trinajstić information content (AvgIpc) is 2.95. The molecule has 0 aromatic heterocycles. The zero-order chi connectivity index (χ0) is 31.4. The molecule has 226 valence electrons. The van der Waals surface area contributed by atoms with Gasteiger partial charge in [-0.05, 0) is 29.8 Å². The van der Waals surface area contributed by atoms with E-state index in [1.807, 2.05) is 0 Å². The highest BCUT2D eigenvalue weighted by Gasteiger charge is 2.60. The van der Waals surface area contributed by atoms with Gasteiger partial charge in [-0.25, -0.2) is 0 Å². The van der Waals surface area contributed by atoms with Crippen molar-refractivity contribution in [3.8, 4) is 63.2 Å². The fourth-order valence-corrected chi connectivity index (χ4v) is 6.04. The Hall–Kier alpha value is -5.73. The monoisotopic (exact) mass is 606 g/mol. The number of fused-ring (bicyclic) bond motifs is 7. The molecule has 2 bridgehead atoms. The molecule has 5 unspecified atom stereocenters. The Balaban J connectivity index is 1.47. The first-order chi connectivity index (χ1) is 20.8. The van der Waals surface area contributed by atoms with Crippen molar-refractivity contribution in [1.29, 1.82) is 0 Å². The normalized spacial score (nSPS) is 24.6. The van der Waals surface area contributed by atoms with Gasteiger partial charge in [-0.15, -0.1) is 0 Å². The van der Waals surface area contributed by atoms with E-state index < -0.39 is 87.4 Å². The summed E-state index contributed by atoms with van der Waals surface area (Å²) in [5.41, 5.74) is -0.964. The second-order valence-electron chi connectivity index (χ2n) is 10.6. The first-order valence-electron chi connectivity index (χ1n) is 13.0. The fraction of sp³-hybridized carbons (Fsp3) is 0.167. The molecule has 4 aromatic rings. The third kappa shape index (κ3) is 3.52. The third-order valence-electron chi connectivity index (χ3n) is 8.08. The predicted octanol–water partition coefficient (Wildman–Crippen LogP) is 2.14. The van der Waals surface area contributed by atoms with Gasteiger partial charge in [-0.3, -0.25) is 4.79 Å². The van der Waals surface area contributed by atoms with Crippen molar-refractivity contribution in [3.63, 3.8) is 0 Å². The zero-order valence-electron chi connectivity index (χ0n) is 22.0. The molecule has 0 amide bonds. The number of carbonyl (C=O) groups is 1. The highest BCUT2D eigenvalue weighted by atomic mass is 16.7. The minimum absolute atomic E-state index is 0.103. The molecule has 0 radical (unpaired) electrons. The number of aliphatic hydroxyl groups excluding tert-OH is 2. The molecule has 0 saturated heterocycles. The molecule has 0 saturated carbocycles. The number of aromatic hydroxyl groups is 8. The van der Waals surface area contributed by atoms with Crippen LogP contribution in [-0.2, 0) is 5.79 Å². The quantitative estimate of drug-likeness (QED) is 0.147. The van der Waals surface area contributed by atoms with Crippen LogP contribution in [-0.4, -0.2) is 69.1 Å². The number of hydrogen-bond acceptors (Lipinski definition) is 14. The number of ether oxygens (including phenoxy) is 3. The summed E-state index contributed by atoms with van der Waals surface area (Å²) in [6, 6.07) is 8.61. The number of aliphatic hydroxyl groups is 2. The van der Waals surface area contributed by atoms with Crippen LogP contribution in [0.15, 0.2) is 48.5 Å². The van der Waals surface area contributed by atoms with E-state index in [1.54, 1.807) is 0 Å². The molecule has 0 spiro atoms. The highest BCUT2D eigenvalue weighted by molar-refractivity contribution is 6.06. The van der Waals surface area contributed by atoms with Crippen LogP contribution in [0.3, 0.4) is 0 Å². The van der Waals surface area contributed by atoms with Crippen LogP contribution in [0.5, 0.6) is 63.2 Å². The number of Topliss-reactive ketones (excluding diaryl/α,β-unsaturated/α-hetero) is 1. The summed E-state index contributed by atoms with van der Waals surface area (Å²) in [5.74, 6) is -10.8. The standard InChI is InChI=1S/C30H22O14/c31-11-6-14(34)20-18(7-11)43-30(10-4-15(35)24(37)16(36)5-10)29(41)23(20)21-19(44-30)8-17-22(25(21)38)26(39)27(40)28(42-17)9-1-2-12(32)13(33)3-9/h1-8,23,27-29,31-38,40-41H. The van der Waals surface area contributed by atoms with Crippen LogP contribution in [0.4, 0.5) is 0 Å². The lowest BCUT2D eigenvalue weighted by Gasteiger charge is -2.50. The van der Waals surface area contributed by atoms with Gasteiger partial charge in [0.15, 0.2) is 41.0 Å². The van der Waals surface area contributed by atoms with E-state index in [4.69, 9.17) is 14.2 Å². The van der Waals surface area contributed by atoms with Crippen molar-refractivity contribution in [1.82, 2.24) is 0 Å². The highest BCUT2D eigenvalue weighted by Crippen LogP contribution is 2.62. The van der Waals surface area contributed by atoms with Crippen LogP contribution in [0, 0.1) is 0 Å². The number of rotatable bonds is 2. The fourth-order valence-electron chi connectivity index (χ4n) is 6.04. The van der Waals surface area contributed by atoms with Gasteiger partial charge >= 0.3 is 5.79 Å². The van der Waals surface area contributed by atoms with Gasteiger partial charge in [0.25, 0.3) is 0 Å². The maximum Gasteiger partial charge on any atom is 0.305 e. The number of carbonyl (C=O) groups excluding carboxylic acids is 1. The van der Waals surface area contributed by atoms with Crippen molar-refractivity contribution < 1.29 is 70.1 Å². The summed E-state index contributed by atoms with van der Waals surface area (Å²) in [5, 5.41) is 105. The topological polar surface area (TPSA) is 247 Å². The van der Waals surface area contributed by atoms with Crippen LogP contribution < -0.4 is 14.2 Å². The Bertz CT molecular complexity index is 1900. The molecule has 44 heavy (non-hydrogen) atoms. The molecule has 10 N–H and O–H groups in total. The van der Waals surface area contributed by atoms with E-state index in [-0.39, 0.29) is 39.5 Å². The second-order valence-corrected chi connectivity index (χ2v) is 10.6. The first kappa shape index (κ1) is 27.1. The molecular weight excluding hydrogens is 584 g/mol. The number of phenolic OH excluding ortho intramolecular Hbond substituents is 8. The lowest BCUT2D eigenvalue weighted by Crippen LogP contribution is -2.57. The van der Waals surface area contributed by atoms with Crippen molar-refractivity contribution in [2.45, 2.75) is 30.0 Å². The van der Waals surface area contributed by atoms with Crippen molar-refractivity contribution in [3.05, 3.63) is 76.3 Å². The zero-order valence-corrected chi connectivity index (χ0v) is 22.0.